The monoisotopic (exact) mass is 271 g/mol. The van der Waals surface area contributed by atoms with Gasteiger partial charge in [-0.25, -0.2) is 4.39 Å². The first-order valence-electron chi connectivity index (χ1n) is 6.61. The average molecular weight is 271 g/mol. The Balaban J connectivity index is 2.12. The van der Waals surface area contributed by atoms with Crippen LogP contribution in [0.3, 0.4) is 0 Å². The molecule has 0 saturated heterocycles. The molecule has 3 heteroatoms. The summed E-state index contributed by atoms with van der Waals surface area (Å²) in [6.07, 6.45) is 0. The van der Waals surface area contributed by atoms with Gasteiger partial charge in [-0.1, -0.05) is 23.8 Å². The largest absolute Gasteiger partial charge is 0.346 e. The molecule has 0 aromatic heterocycles. The molecule has 2 aromatic carbocycles. The summed E-state index contributed by atoms with van der Waals surface area (Å²) in [5.74, 6) is -0.540. The Bertz CT molecular complexity index is 619. The van der Waals surface area contributed by atoms with E-state index in [1.54, 1.807) is 0 Å². The Morgan fingerprint density at radius 3 is 2.35 bits per heavy atom. The third-order valence-electron chi connectivity index (χ3n) is 3.35. The predicted octanol–water partition coefficient (Wildman–Crippen LogP) is 3.93. The van der Waals surface area contributed by atoms with E-state index in [1.165, 1.54) is 29.8 Å². The molecule has 0 radical (unpaired) electrons. The third kappa shape index (κ3) is 3.23. The highest BCUT2D eigenvalue weighted by atomic mass is 19.1. The van der Waals surface area contributed by atoms with Crippen molar-refractivity contribution < 1.29 is 9.18 Å². The van der Waals surface area contributed by atoms with Gasteiger partial charge in [0.05, 0.1) is 6.04 Å². The lowest BCUT2D eigenvalue weighted by Crippen LogP contribution is -2.27. The van der Waals surface area contributed by atoms with Gasteiger partial charge in [0.15, 0.2) is 0 Å². The number of amides is 1. The molecule has 0 aliphatic rings. The normalized spacial score (nSPS) is 12.0. The maximum absolute atomic E-state index is 12.8. The maximum atomic E-state index is 12.8. The molecule has 0 heterocycles. The number of nitrogens with one attached hydrogen (secondary N) is 1. The summed E-state index contributed by atoms with van der Waals surface area (Å²) in [6.45, 7) is 6.01. The molecule has 2 aromatic rings. The molecular weight excluding hydrogens is 253 g/mol. The minimum Gasteiger partial charge on any atom is -0.346 e. The lowest BCUT2D eigenvalue weighted by Gasteiger charge is -2.17. The zero-order chi connectivity index (χ0) is 14.7. The molecule has 1 atom stereocenters. The molecular formula is C17H18FNO. The van der Waals surface area contributed by atoms with E-state index < -0.39 is 0 Å². The van der Waals surface area contributed by atoms with E-state index in [9.17, 15) is 9.18 Å². The van der Waals surface area contributed by atoms with E-state index >= 15 is 0 Å². The van der Waals surface area contributed by atoms with E-state index in [2.05, 4.69) is 11.4 Å². The summed E-state index contributed by atoms with van der Waals surface area (Å²) < 4.78 is 12.8. The van der Waals surface area contributed by atoms with Crippen molar-refractivity contribution in [1.29, 1.82) is 0 Å². The van der Waals surface area contributed by atoms with Gasteiger partial charge < -0.3 is 5.32 Å². The van der Waals surface area contributed by atoms with Gasteiger partial charge in [0.25, 0.3) is 5.91 Å². The second-order valence-electron chi connectivity index (χ2n) is 5.06. The fourth-order valence-corrected chi connectivity index (χ4v) is 2.27. The quantitative estimate of drug-likeness (QED) is 0.900. The number of aryl methyl sites for hydroxylation is 2. The van der Waals surface area contributed by atoms with Crippen LogP contribution in [0.4, 0.5) is 4.39 Å². The molecule has 2 rings (SSSR count). The van der Waals surface area contributed by atoms with Crippen LogP contribution in [-0.2, 0) is 0 Å². The number of benzene rings is 2. The van der Waals surface area contributed by atoms with Crippen molar-refractivity contribution in [2.24, 2.45) is 0 Å². The maximum Gasteiger partial charge on any atom is 0.251 e. The highest BCUT2D eigenvalue weighted by molar-refractivity contribution is 5.94. The molecule has 0 unspecified atom stereocenters. The summed E-state index contributed by atoms with van der Waals surface area (Å²) in [7, 11) is 0. The zero-order valence-electron chi connectivity index (χ0n) is 11.9. The van der Waals surface area contributed by atoms with Gasteiger partial charge in [0.1, 0.15) is 5.82 Å². The average Bonchev–Trinajstić information content (AvgIpc) is 2.39. The molecule has 104 valence electrons. The minimum atomic E-state index is -0.344. The van der Waals surface area contributed by atoms with Crippen molar-refractivity contribution >= 4 is 5.91 Å². The molecule has 0 fully saturated rings. The van der Waals surface area contributed by atoms with Crippen molar-refractivity contribution in [2.45, 2.75) is 26.8 Å². The van der Waals surface area contributed by atoms with Gasteiger partial charge in [-0.15, -0.1) is 0 Å². The first-order valence-corrected chi connectivity index (χ1v) is 6.61. The topological polar surface area (TPSA) is 29.1 Å². The number of rotatable bonds is 3. The molecule has 1 amide bonds. The van der Waals surface area contributed by atoms with Crippen molar-refractivity contribution in [1.82, 2.24) is 5.32 Å². The summed E-state index contributed by atoms with van der Waals surface area (Å²) in [4.78, 5) is 12.1. The first-order chi connectivity index (χ1) is 9.47. The van der Waals surface area contributed by atoms with Crippen LogP contribution in [-0.4, -0.2) is 5.91 Å². The van der Waals surface area contributed by atoms with E-state index in [0.29, 0.717) is 5.56 Å². The van der Waals surface area contributed by atoms with Crippen molar-refractivity contribution in [3.05, 3.63) is 70.5 Å². The lowest BCUT2D eigenvalue weighted by atomic mass is 10.00. The summed E-state index contributed by atoms with van der Waals surface area (Å²) in [5.41, 5.74) is 3.90. The molecule has 1 N–H and O–H groups in total. The van der Waals surface area contributed by atoms with Crippen LogP contribution in [0.5, 0.6) is 0 Å². The van der Waals surface area contributed by atoms with Crippen LogP contribution in [0.2, 0.25) is 0 Å². The molecule has 0 spiro atoms. The van der Waals surface area contributed by atoms with Crippen LogP contribution in [0.25, 0.3) is 0 Å². The Morgan fingerprint density at radius 2 is 1.75 bits per heavy atom. The van der Waals surface area contributed by atoms with Crippen molar-refractivity contribution in [2.75, 3.05) is 0 Å². The Morgan fingerprint density at radius 1 is 1.10 bits per heavy atom. The molecule has 2 nitrogen and oxygen atoms in total. The van der Waals surface area contributed by atoms with Gasteiger partial charge in [-0.2, -0.15) is 0 Å². The van der Waals surface area contributed by atoms with Gasteiger partial charge >= 0.3 is 0 Å². The third-order valence-corrected chi connectivity index (χ3v) is 3.35. The van der Waals surface area contributed by atoms with E-state index in [-0.39, 0.29) is 17.8 Å². The SMILES string of the molecule is Cc1ccc([C@H](C)NC(=O)c2ccc(F)cc2)c(C)c1. The molecule has 0 aliphatic heterocycles. The summed E-state index contributed by atoms with van der Waals surface area (Å²) in [6, 6.07) is 11.6. The Labute approximate surface area is 118 Å². The molecule has 0 aliphatic carbocycles. The highest BCUT2D eigenvalue weighted by Gasteiger charge is 2.13. The van der Waals surface area contributed by atoms with Crippen LogP contribution in [0, 0.1) is 19.7 Å². The van der Waals surface area contributed by atoms with Gasteiger partial charge in [-0.3, -0.25) is 4.79 Å². The standard InChI is InChI=1S/C17H18FNO/c1-11-4-9-16(12(2)10-11)13(3)19-17(20)14-5-7-15(18)8-6-14/h4-10,13H,1-3H3,(H,19,20)/t13-/m0/s1. The number of hydrogen-bond donors (Lipinski definition) is 1. The van der Waals surface area contributed by atoms with E-state index in [0.717, 1.165) is 11.1 Å². The smallest absolute Gasteiger partial charge is 0.251 e. The lowest BCUT2D eigenvalue weighted by molar-refractivity contribution is 0.0940. The summed E-state index contributed by atoms with van der Waals surface area (Å²) in [5, 5.41) is 2.93. The molecule has 0 saturated carbocycles. The fraction of sp³-hybridized carbons (Fsp3) is 0.235. The van der Waals surface area contributed by atoms with Crippen molar-refractivity contribution in [3.63, 3.8) is 0 Å². The Kier molecular flexibility index (Phi) is 4.18. The van der Waals surface area contributed by atoms with Crippen LogP contribution < -0.4 is 5.32 Å². The molecule has 0 bridgehead atoms. The van der Waals surface area contributed by atoms with E-state index in [4.69, 9.17) is 0 Å². The van der Waals surface area contributed by atoms with Gasteiger partial charge in [-0.05, 0) is 56.2 Å². The number of carbonyl (C=O) groups is 1. The fourth-order valence-electron chi connectivity index (χ4n) is 2.27. The van der Waals surface area contributed by atoms with Gasteiger partial charge in [0.2, 0.25) is 0 Å². The Hall–Kier alpha value is -2.16. The molecule has 20 heavy (non-hydrogen) atoms. The van der Waals surface area contributed by atoms with Crippen molar-refractivity contribution in [3.8, 4) is 0 Å². The summed E-state index contributed by atoms with van der Waals surface area (Å²) >= 11 is 0. The zero-order valence-corrected chi connectivity index (χ0v) is 11.9. The van der Waals surface area contributed by atoms with Crippen LogP contribution >= 0.6 is 0 Å². The first kappa shape index (κ1) is 14.3. The predicted molar refractivity (Wildman–Crippen MR) is 78.2 cm³/mol. The minimum absolute atomic E-state index is 0.0897. The van der Waals surface area contributed by atoms with E-state index in [1.807, 2.05) is 32.9 Å². The number of halogens is 1. The van der Waals surface area contributed by atoms with Gasteiger partial charge in [0, 0.05) is 5.56 Å². The van der Waals surface area contributed by atoms with Crippen LogP contribution in [0.15, 0.2) is 42.5 Å². The highest BCUT2D eigenvalue weighted by Crippen LogP contribution is 2.19. The second kappa shape index (κ2) is 5.87. The second-order valence-corrected chi connectivity index (χ2v) is 5.06. The number of carbonyl (C=O) groups excluding carboxylic acids is 1. The number of hydrogen-bond acceptors (Lipinski definition) is 1. The van der Waals surface area contributed by atoms with Crippen LogP contribution in [0.1, 0.15) is 40.0 Å².